The van der Waals surface area contributed by atoms with Crippen LogP contribution in [0.5, 0.6) is 0 Å². The first-order valence-corrected chi connectivity index (χ1v) is 3.06. The van der Waals surface area contributed by atoms with Crippen LogP contribution in [0.3, 0.4) is 0 Å². The van der Waals surface area contributed by atoms with Gasteiger partial charge < -0.3 is 10.2 Å². The van der Waals surface area contributed by atoms with Crippen molar-refractivity contribution in [1.29, 1.82) is 0 Å². The molecular weight excluding hydrogens is 143 g/mol. The normalized spacial score (nSPS) is 16.8. The molecule has 0 heterocycles. The molecule has 0 aromatic heterocycles. The lowest BCUT2D eigenvalue weighted by molar-refractivity contribution is 0.0321. The van der Waals surface area contributed by atoms with E-state index in [2.05, 4.69) is 12.2 Å². The number of halogens is 1. The molecule has 54 valence electrons. The summed E-state index contributed by atoms with van der Waals surface area (Å²) in [5, 5.41) is 18.0. The van der Waals surface area contributed by atoms with Crippen LogP contribution in [0, 0.1) is 0 Å². The molecule has 4 heteroatoms. The van der Waals surface area contributed by atoms with Crippen LogP contribution in [-0.4, -0.2) is 34.5 Å². The second-order valence-electron chi connectivity index (χ2n) is 1.67. The molecule has 2 N–H and O–H groups in total. The molecule has 0 unspecified atom stereocenters. The van der Waals surface area contributed by atoms with Gasteiger partial charge in [0, 0.05) is 6.42 Å². The van der Waals surface area contributed by atoms with Gasteiger partial charge in [-0.15, -0.1) is 0 Å². The van der Waals surface area contributed by atoms with Crippen LogP contribution in [0.2, 0.25) is 0 Å². The van der Waals surface area contributed by atoms with Gasteiger partial charge in [-0.1, -0.05) is 12.2 Å². The predicted molar refractivity (Wildman–Crippen MR) is 36.3 cm³/mol. The van der Waals surface area contributed by atoms with Crippen molar-refractivity contribution in [2.45, 2.75) is 18.7 Å². The molecule has 0 aromatic rings. The highest BCUT2D eigenvalue weighted by Crippen LogP contribution is 2.01. The third kappa shape index (κ3) is 3.51. The maximum Gasteiger partial charge on any atom is 0.132 e. The van der Waals surface area contributed by atoms with Crippen LogP contribution in [0.25, 0.3) is 0 Å². The lowest BCUT2D eigenvalue weighted by Gasteiger charge is -2.09. The van der Waals surface area contributed by atoms with Gasteiger partial charge in [0.1, 0.15) is 12.3 Å². The summed E-state index contributed by atoms with van der Waals surface area (Å²) < 4.78 is 12.3. The van der Waals surface area contributed by atoms with E-state index >= 15 is 0 Å². The predicted octanol–water partition coefficient (Wildman–Crippen LogP) is 0.0675. The first-order valence-electron chi connectivity index (χ1n) is 2.59. The molecule has 0 rings (SSSR count). The van der Waals surface area contributed by atoms with E-state index in [9.17, 15) is 4.39 Å². The first-order chi connectivity index (χ1) is 4.22. The SMILES string of the molecule is OC[C@@H](O)[C@@H](F)CC=S. The highest BCUT2D eigenvalue weighted by molar-refractivity contribution is 7.78. The topological polar surface area (TPSA) is 40.5 Å². The minimum absolute atomic E-state index is 0.0110. The van der Waals surface area contributed by atoms with E-state index in [1.165, 1.54) is 5.37 Å². The van der Waals surface area contributed by atoms with Crippen LogP contribution in [0.1, 0.15) is 6.42 Å². The lowest BCUT2D eigenvalue weighted by atomic mass is 10.2. The molecule has 0 aromatic carbocycles. The molecular formula is C5H9FO2S. The Labute approximate surface area is 58.3 Å². The van der Waals surface area contributed by atoms with Crippen LogP contribution >= 0.6 is 12.2 Å². The van der Waals surface area contributed by atoms with E-state index in [1.807, 2.05) is 0 Å². The molecule has 0 saturated carbocycles. The zero-order chi connectivity index (χ0) is 7.28. The first kappa shape index (κ1) is 8.94. The highest BCUT2D eigenvalue weighted by atomic mass is 32.1. The standard InChI is InChI=1S/C5H9FO2S/c6-4(1-2-9)5(8)3-7/h2,4-5,7-8H,1,3H2/t4-,5+/m0/s1. The third-order valence-corrected chi connectivity index (χ3v) is 1.12. The van der Waals surface area contributed by atoms with E-state index in [0.717, 1.165) is 0 Å². The van der Waals surface area contributed by atoms with Gasteiger partial charge in [0.25, 0.3) is 0 Å². The Morgan fingerprint density at radius 3 is 2.56 bits per heavy atom. The van der Waals surface area contributed by atoms with Crippen LogP contribution in [0.4, 0.5) is 4.39 Å². The maximum absolute atomic E-state index is 12.3. The van der Waals surface area contributed by atoms with Crippen molar-refractivity contribution in [2.75, 3.05) is 6.61 Å². The molecule has 0 bridgehead atoms. The fourth-order valence-electron chi connectivity index (χ4n) is 0.363. The maximum atomic E-state index is 12.3. The average Bonchev–Trinajstić information content (AvgIpc) is 1.87. The summed E-state index contributed by atoms with van der Waals surface area (Å²) in [4.78, 5) is 0. The van der Waals surface area contributed by atoms with Crippen molar-refractivity contribution < 1.29 is 14.6 Å². The summed E-state index contributed by atoms with van der Waals surface area (Å²) in [5.41, 5.74) is 0. The van der Waals surface area contributed by atoms with Gasteiger partial charge in [0.2, 0.25) is 0 Å². The van der Waals surface area contributed by atoms with Gasteiger partial charge in [0.15, 0.2) is 0 Å². The average molecular weight is 152 g/mol. The van der Waals surface area contributed by atoms with Crippen molar-refractivity contribution in [1.82, 2.24) is 0 Å². The Morgan fingerprint density at radius 1 is 1.67 bits per heavy atom. The van der Waals surface area contributed by atoms with Crippen molar-refractivity contribution >= 4 is 17.6 Å². The number of aliphatic hydroxyl groups is 2. The summed E-state index contributed by atoms with van der Waals surface area (Å²) in [6.07, 6.45) is -2.70. The molecule has 0 radical (unpaired) electrons. The molecule has 0 aliphatic carbocycles. The Morgan fingerprint density at radius 2 is 2.22 bits per heavy atom. The van der Waals surface area contributed by atoms with E-state index < -0.39 is 18.9 Å². The molecule has 0 fully saturated rings. The monoisotopic (exact) mass is 152 g/mol. The zero-order valence-corrected chi connectivity index (χ0v) is 5.64. The Hall–Kier alpha value is -0.0600. The number of rotatable bonds is 4. The largest absolute Gasteiger partial charge is 0.394 e. The van der Waals surface area contributed by atoms with E-state index in [1.54, 1.807) is 0 Å². The minimum Gasteiger partial charge on any atom is -0.394 e. The van der Waals surface area contributed by atoms with Crippen molar-refractivity contribution in [3.05, 3.63) is 0 Å². The summed E-state index contributed by atoms with van der Waals surface area (Å²) >= 11 is 4.34. The number of thiocarbonyl (C=S) groups is 1. The van der Waals surface area contributed by atoms with Gasteiger partial charge in [-0.25, -0.2) is 4.39 Å². The van der Waals surface area contributed by atoms with Crippen LogP contribution < -0.4 is 0 Å². The second-order valence-corrected chi connectivity index (χ2v) is 2.00. The van der Waals surface area contributed by atoms with Gasteiger partial charge in [-0.05, 0) is 5.37 Å². The summed E-state index contributed by atoms with van der Waals surface area (Å²) in [6.45, 7) is -0.551. The molecule has 0 spiro atoms. The number of hydrogen-bond donors (Lipinski definition) is 2. The number of alkyl halides is 1. The van der Waals surface area contributed by atoms with E-state index in [-0.39, 0.29) is 6.42 Å². The molecule has 0 amide bonds. The van der Waals surface area contributed by atoms with Crippen LogP contribution in [-0.2, 0) is 0 Å². The zero-order valence-electron chi connectivity index (χ0n) is 4.83. The van der Waals surface area contributed by atoms with Gasteiger partial charge in [-0.2, -0.15) is 0 Å². The smallest absolute Gasteiger partial charge is 0.132 e. The highest BCUT2D eigenvalue weighted by Gasteiger charge is 2.14. The fraction of sp³-hybridized carbons (Fsp3) is 0.800. The molecule has 9 heavy (non-hydrogen) atoms. The molecule has 0 saturated heterocycles. The summed E-state index contributed by atoms with van der Waals surface area (Å²) in [5.74, 6) is 0. The molecule has 2 nitrogen and oxygen atoms in total. The summed E-state index contributed by atoms with van der Waals surface area (Å²) in [7, 11) is 0. The van der Waals surface area contributed by atoms with Crippen molar-refractivity contribution in [2.24, 2.45) is 0 Å². The number of hydrogen-bond acceptors (Lipinski definition) is 3. The Bertz CT molecular complexity index is 89.0. The second kappa shape index (κ2) is 4.78. The lowest BCUT2D eigenvalue weighted by Crippen LogP contribution is -2.25. The van der Waals surface area contributed by atoms with Gasteiger partial charge in [-0.3, -0.25) is 0 Å². The van der Waals surface area contributed by atoms with Crippen LogP contribution in [0.15, 0.2) is 0 Å². The number of aliphatic hydroxyl groups excluding tert-OH is 2. The molecule has 0 aliphatic rings. The minimum atomic E-state index is -1.42. The fourth-order valence-corrected chi connectivity index (χ4v) is 0.547. The van der Waals surface area contributed by atoms with Gasteiger partial charge in [0.05, 0.1) is 6.61 Å². The molecule has 2 atom stereocenters. The Kier molecular flexibility index (Phi) is 4.75. The molecule has 0 aliphatic heterocycles. The van der Waals surface area contributed by atoms with Gasteiger partial charge >= 0.3 is 0 Å². The van der Waals surface area contributed by atoms with Crippen molar-refractivity contribution in [3.63, 3.8) is 0 Å². The van der Waals surface area contributed by atoms with E-state index in [4.69, 9.17) is 10.2 Å². The summed E-state index contributed by atoms with van der Waals surface area (Å²) in [6, 6.07) is 0. The third-order valence-electron chi connectivity index (χ3n) is 0.926. The quantitative estimate of drug-likeness (QED) is 0.560. The van der Waals surface area contributed by atoms with Crippen molar-refractivity contribution in [3.8, 4) is 0 Å². The van der Waals surface area contributed by atoms with E-state index in [0.29, 0.717) is 0 Å². The Balaban J connectivity index is 3.44.